The molecule has 2 aromatic carbocycles. The van der Waals surface area contributed by atoms with Crippen molar-refractivity contribution in [3.8, 4) is 6.07 Å². The van der Waals surface area contributed by atoms with Crippen molar-refractivity contribution in [3.63, 3.8) is 0 Å². The van der Waals surface area contributed by atoms with Crippen molar-refractivity contribution in [1.29, 1.82) is 5.26 Å². The second-order valence-electron chi connectivity index (χ2n) is 5.16. The van der Waals surface area contributed by atoms with E-state index in [0.717, 1.165) is 12.1 Å². The summed E-state index contributed by atoms with van der Waals surface area (Å²) in [7, 11) is -3.87. The van der Waals surface area contributed by atoms with Crippen LogP contribution >= 0.6 is 11.6 Å². The minimum absolute atomic E-state index is 0.0740. The number of nitrogens with one attached hydrogen (secondary N) is 1. The quantitative estimate of drug-likeness (QED) is 0.336. The Morgan fingerprint density at radius 2 is 1.89 bits per heavy atom. The minimum atomic E-state index is -3.87. The molecule has 3 N–H and O–H groups in total. The number of nitriles is 1. The van der Waals surface area contributed by atoms with E-state index < -0.39 is 20.9 Å². The van der Waals surface area contributed by atoms with E-state index in [1.165, 1.54) is 36.4 Å². The topological polar surface area (TPSA) is 156 Å². The second kappa shape index (κ2) is 7.96. The molecule has 2 aromatic rings. The molecule has 0 unspecified atom stereocenters. The summed E-state index contributed by atoms with van der Waals surface area (Å²) in [6, 6.07) is 10.5. The van der Waals surface area contributed by atoms with Gasteiger partial charge in [-0.05, 0) is 42.0 Å². The summed E-state index contributed by atoms with van der Waals surface area (Å²) in [6.45, 7) is 0. The molecule has 0 saturated carbocycles. The molecule has 0 saturated heterocycles. The molecule has 9 nitrogen and oxygen atoms in total. The number of nitro benzene ring substituents is 1. The monoisotopic (exact) mass is 406 g/mol. The fourth-order valence-corrected chi connectivity index (χ4v) is 2.70. The van der Waals surface area contributed by atoms with Crippen LogP contribution in [0, 0.1) is 21.4 Å². The van der Waals surface area contributed by atoms with Crippen LogP contribution in [0.2, 0.25) is 5.02 Å². The van der Waals surface area contributed by atoms with Crippen molar-refractivity contribution in [3.05, 3.63) is 68.7 Å². The first-order valence-corrected chi connectivity index (χ1v) is 9.04. The van der Waals surface area contributed by atoms with Gasteiger partial charge >= 0.3 is 0 Å². The molecule has 0 aliphatic rings. The number of nitrogens with zero attached hydrogens (tertiary/aromatic N) is 2. The number of sulfonamides is 1. The largest absolute Gasteiger partial charge is 0.321 e. The summed E-state index contributed by atoms with van der Waals surface area (Å²) in [5.41, 5.74) is -0.207. The van der Waals surface area contributed by atoms with Crippen molar-refractivity contribution in [1.82, 2.24) is 0 Å². The third-order valence-electron chi connectivity index (χ3n) is 3.28. The molecule has 0 aliphatic carbocycles. The van der Waals surface area contributed by atoms with Crippen molar-refractivity contribution in [2.45, 2.75) is 4.90 Å². The predicted molar refractivity (Wildman–Crippen MR) is 98.1 cm³/mol. The Bertz CT molecular complexity index is 1090. The Morgan fingerprint density at radius 3 is 2.41 bits per heavy atom. The number of carbonyl (C=O) groups excluding carboxylic acids is 1. The molecule has 0 spiro atoms. The number of hydrogen-bond donors (Lipinski definition) is 2. The molecular formula is C16H11ClN4O5S. The predicted octanol–water partition coefficient (Wildman–Crippen LogP) is 2.44. The van der Waals surface area contributed by atoms with Gasteiger partial charge < -0.3 is 5.32 Å². The number of carbonyl (C=O) groups is 1. The summed E-state index contributed by atoms with van der Waals surface area (Å²) in [6.07, 6.45) is 1.16. The molecule has 0 bridgehead atoms. The van der Waals surface area contributed by atoms with Gasteiger partial charge in [0, 0.05) is 11.8 Å². The number of nitro groups is 1. The Balaban J connectivity index is 2.26. The first kappa shape index (κ1) is 20.1. The highest BCUT2D eigenvalue weighted by molar-refractivity contribution is 7.89. The van der Waals surface area contributed by atoms with Gasteiger partial charge in [-0.3, -0.25) is 14.9 Å². The van der Waals surface area contributed by atoms with Crippen molar-refractivity contribution in [2.75, 3.05) is 5.32 Å². The summed E-state index contributed by atoms with van der Waals surface area (Å²) in [5.74, 6) is -0.779. The van der Waals surface area contributed by atoms with Crippen LogP contribution in [0.3, 0.4) is 0 Å². The average molecular weight is 407 g/mol. The Hall–Kier alpha value is -3.26. The van der Waals surface area contributed by atoms with Crippen LogP contribution in [0.1, 0.15) is 5.56 Å². The number of amides is 1. The number of anilines is 1. The van der Waals surface area contributed by atoms with Gasteiger partial charge in [-0.2, -0.15) is 5.26 Å². The number of hydrogen-bond acceptors (Lipinski definition) is 6. The van der Waals surface area contributed by atoms with Crippen LogP contribution in [0.25, 0.3) is 6.08 Å². The smallest absolute Gasteiger partial charge is 0.288 e. The van der Waals surface area contributed by atoms with Gasteiger partial charge in [-0.15, -0.1) is 0 Å². The van der Waals surface area contributed by atoms with Crippen LogP contribution in [0.4, 0.5) is 11.4 Å². The zero-order valence-corrected chi connectivity index (χ0v) is 15.0. The fourth-order valence-electron chi connectivity index (χ4n) is 2.00. The number of halogens is 1. The van der Waals surface area contributed by atoms with E-state index in [2.05, 4.69) is 5.32 Å². The molecule has 1 amide bonds. The normalized spacial score (nSPS) is 11.5. The van der Waals surface area contributed by atoms with E-state index >= 15 is 0 Å². The lowest BCUT2D eigenvalue weighted by atomic mass is 10.1. The molecule has 0 radical (unpaired) electrons. The highest BCUT2D eigenvalue weighted by Crippen LogP contribution is 2.26. The van der Waals surface area contributed by atoms with Crippen LogP contribution < -0.4 is 10.5 Å². The molecule has 138 valence electrons. The number of primary sulfonamides is 1. The Morgan fingerprint density at radius 1 is 1.26 bits per heavy atom. The number of benzene rings is 2. The van der Waals surface area contributed by atoms with E-state index in [0.29, 0.717) is 0 Å². The van der Waals surface area contributed by atoms with Crippen molar-refractivity contribution < 1.29 is 18.1 Å². The van der Waals surface area contributed by atoms with E-state index in [1.807, 2.05) is 0 Å². The minimum Gasteiger partial charge on any atom is -0.321 e. The zero-order valence-electron chi connectivity index (χ0n) is 13.4. The second-order valence-corrected chi connectivity index (χ2v) is 7.13. The highest BCUT2D eigenvalue weighted by atomic mass is 35.5. The standard InChI is InChI=1S/C16H11ClN4O5S/c17-14-6-1-10(8-15(14)21(23)24)7-11(9-18)16(22)20-12-2-4-13(5-3-12)27(19,25)26/h1-8H,(H,20,22)(H2,19,25,26)/b11-7+. The summed E-state index contributed by atoms with van der Waals surface area (Å²) in [5, 5.41) is 27.4. The molecule has 0 fully saturated rings. The highest BCUT2D eigenvalue weighted by Gasteiger charge is 2.15. The summed E-state index contributed by atoms with van der Waals surface area (Å²) < 4.78 is 22.4. The third kappa shape index (κ3) is 5.11. The van der Waals surface area contributed by atoms with Crippen LogP contribution in [0.5, 0.6) is 0 Å². The summed E-state index contributed by atoms with van der Waals surface area (Å²) in [4.78, 5) is 22.3. The van der Waals surface area contributed by atoms with E-state index in [-0.39, 0.29) is 32.4 Å². The maximum absolute atomic E-state index is 12.2. The van der Waals surface area contributed by atoms with Gasteiger partial charge in [0.1, 0.15) is 16.7 Å². The van der Waals surface area contributed by atoms with Gasteiger partial charge in [0.25, 0.3) is 11.6 Å². The molecule has 27 heavy (non-hydrogen) atoms. The van der Waals surface area contributed by atoms with Crippen molar-refractivity contribution in [2.24, 2.45) is 5.14 Å². The SMILES string of the molecule is N#C/C(=C\c1ccc(Cl)c([N+](=O)[O-])c1)C(=O)Nc1ccc(S(N)(=O)=O)cc1. The van der Waals surface area contributed by atoms with Crippen LogP contribution in [-0.4, -0.2) is 19.2 Å². The Labute approximate surface area is 158 Å². The van der Waals surface area contributed by atoms with E-state index in [1.54, 1.807) is 6.07 Å². The maximum Gasteiger partial charge on any atom is 0.288 e. The van der Waals surface area contributed by atoms with Gasteiger partial charge in [0.2, 0.25) is 10.0 Å². The molecule has 11 heteroatoms. The molecule has 0 atom stereocenters. The van der Waals surface area contributed by atoms with Gasteiger partial charge in [0.05, 0.1) is 9.82 Å². The lowest BCUT2D eigenvalue weighted by Crippen LogP contribution is -2.14. The van der Waals surface area contributed by atoms with E-state index in [4.69, 9.17) is 16.7 Å². The molecule has 0 heterocycles. The molecule has 2 rings (SSSR count). The third-order valence-corrected chi connectivity index (χ3v) is 4.53. The Kier molecular flexibility index (Phi) is 5.91. The molecular weight excluding hydrogens is 396 g/mol. The fraction of sp³-hybridized carbons (Fsp3) is 0. The van der Waals surface area contributed by atoms with Crippen molar-refractivity contribution >= 4 is 45.0 Å². The average Bonchev–Trinajstić information content (AvgIpc) is 2.60. The first-order valence-electron chi connectivity index (χ1n) is 7.12. The van der Waals surface area contributed by atoms with Gasteiger partial charge in [-0.25, -0.2) is 13.6 Å². The van der Waals surface area contributed by atoms with Crippen LogP contribution in [0.15, 0.2) is 52.9 Å². The van der Waals surface area contributed by atoms with Crippen LogP contribution in [-0.2, 0) is 14.8 Å². The van der Waals surface area contributed by atoms with Gasteiger partial charge in [0.15, 0.2) is 0 Å². The first-order chi connectivity index (χ1) is 12.6. The number of nitrogens with two attached hydrogens (primary N) is 1. The maximum atomic E-state index is 12.2. The lowest BCUT2D eigenvalue weighted by molar-refractivity contribution is -0.384. The lowest BCUT2D eigenvalue weighted by Gasteiger charge is -2.05. The van der Waals surface area contributed by atoms with Gasteiger partial charge in [-0.1, -0.05) is 17.7 Å². The van der Waals surface area contributed by atoms with E-state index in [9.17, 15) is 28.6 Å². The molecule has 0 aliphatic heterocycles. The zero-order chi connectivity index (χ0) is 20.2. The summed E-state index contributed by atoms with van der Waals surface area (Å²) >= 11 is 5.72. The number of rotatable bonds is 5. The molecule has 0 aromatic heterocycles.